The van der Waals surface area contributed by atoms with Gasteiger partial charge in [-0.3, -0.25) is 4.99 Å². The third-order valence-corrected chi connectivity index (χ3v) is 3.37. The van der Waals surface area contributed by atoms with Gasteiger partial charge in [-0.25, -0.2) is 0 Å². The summed E-state index contributed by atoms with van der Waals surface area (Å²) in [7, 11) is 0. The van der Waals surface area contributed by atoms with Crippen LogP contribution in [0.3, 0.4) is 0 Å². The summed E-state index contributed by atoms with van der Waals surface area (Å²) in [6, 6.07) is 10.5. The highest BCUT2D eigenvalue weighted by Crippen LogP contribution is 2.17. The third kappa shape index (κ3) is 9.15. The number of hydrogen-bond acceptors (Lipinski definition) is 2. The number of hydrogen-bond donors (Lipinski definition) is 2. The molecule has 0 fully saturated rings. The fraction of sp³-hybridized carbons (Fsp3) is 0.500. The molecule has 0 radical (unpaired) electrons. The summed E-state index contributed by atoms with van der Waals surface area (Å²) in [6.45, 7) is 6.85. The Morgan fingerprint density at radius 2 is 1.74 bits per heavy atom. The van der Waals surface area contributed by atoms with E-state index in [1.807, 2.05) is 17.8 Å². The number of aliphatic imine (C=N–C) groups is 1. The maximum absolute atomic E-state index is 4.52. The van der Waals surface area contributed by atoms with Crippen LogP contribution < -0.4 is 10.6 Å². The molecule has 0 aliphatic carbocycles. The second kappa shape index (κ2) is 12.6. The maximum Gasteiger partial charge on any atom is 0.191 e. The molecule has 0 amide bonds. The molecule has 1 aromatic carbocycles. The first-order valence-electron chi connectivity index (χ1n) is 6.56. The van der Waals surface area contributed by atoms with Crippen LogP contribution in [0.2, 0.25) is 0 Å². The number of guanidine groups is 1. The fourth-order valence-electron chi connectivity index (χ4n) is 1.47. The molecular weight excluding hydrogens is 369 g/mol. The van der Waals surface area contributed by atoms with Gasteiger partial charge in [-0.2, -0.15) is 0 Å². The second-order valence-corrected chi connectivity index (χ2v) is 4.97. The molecule has 1 rings (SSSR count). The van der Waals surface area contributed by atoms with Gasteiger partial charge in [-0.15, -0.1) is 35.7 Å². The molecule has 2 N–H and O–H groups in total. The van der Waals surface area contributed by atoms with Gasteiger partial charge in [0.1, 0.15) is 0 Å². The number of nitrogens with zero attached hydrogens (tertiary/aromatic N) is 1. The van der Waals surface area contributed by atoms with Gasteiger partial charge in [-0.05, 0) is 38.2 Å². The molecule has 0 aliphatic rings. The third-order valence-electron chi connectivity index (χ3n) is 2.27. The number of thioether (sulfide) groups is 1. The number of rotatable bonds is 7. The lowest BCUT2D eigenvalue weighted by molar-refractivity contribution is 0.829. The van der Waals surface area contributed by atoms with E-state index in [2.05, 4.69) is 53.7 Å². The first-order chi connectivity index (χ1) is 8.86. The molecule has 0 heterocycles. The van der Waals surface area contributed by atoms with Crippen molar-refractivity contribution in [1.29, 1.82) is 0 Å². The van der Waals surface area contributed by atoms with E-state index >= 15 is 0 Å². The molecule has 0 aromatic heterocycles. The minimum atomic E-state index is 0. The molecule has 0 aliphatic heterocycles. The van der Waals surface area contributed by atoms with Crippen molar-refractivity contribution < 1.29 is 0 Å². The second-order valence-electron chi connectivity index (χ2n) is 3.81. The summed E-state index contributed by atoms with van der Waals surface area (Å²) in [4.78, 5) is 5.85. The minimum absolute atomic E-state index is 0. The summed E-state index contributed by atoms with van der Waals surface area (Å²) in [5.74, 6) is 2.03. The van der Waals surface area contributed by atoms with Crippen LogP contribution >= 0.6 is 35.7 Å². The smallest absolute Gasteiger partial charge is 0.191 e. The molecule has 0 bridgehead atoms. The van der Waals surface area contributed by atoms with Gasteiger partial charge >= 0.3 is 0 Å². The topological polar surface area (TPSA) is 36.4 Å². The predicted octanol–water partition coefficient (Wildman–Crippen LogP) is 3.36. The average molecular weight is 393 g/mol. The van der Waals surface area contributed by atoms with Gasteiger partial charge in [0.25, 0.3) is 0 Å². The highest BCUT2D eigenvalue weighted by atomic mass is 127. The Kier molecular flexibility index (Phi) is 12.3. The van der Waals surface area contributed by atoms with Crippen LogP contribution in [-0.2, 0) is 0 Å². The molecule has 0 spiro atoms. The summed E-state index contributed by atoms with van der Waals surface area (Å²) in [5.41, 5.74) is 0. The monoisotopic (exact) mass is 393 g/mol. The fourth-order valence-corrected chi connectivity index (χ4v) is 2.33. The Hall–Kier alpha value is -0.430. The lowest BCUT2D eigenvalue weighted by atomic mass is 10.4. The molecule has 1 aromatic rings. The Labute approximate surface area is 138 Å². The highest BCUT2D eigenvalue weighted by Gasteiger charge is 1.95. The van der Waals surface area contributed by atoms with E-state index in [9.17, 15) is 0 Å². The SMILES string of the molecule is CCNC(=NCCCSc1ccccc1)NCC.I. The molecule has 108 valence electrons. The van der Waals surface area contributed by atoms with E-state index < -0.39 is 0 Å². The Balaban J connectivity index is 0.00000324. The molecule has 3 nitrogen and oxygen atoms in total. The zero-order valence-electron chi connectivity index (χ0n) is 11.7. The van der Waals surface area contributed by atoms with Crippen molar-refractivity contribution in [3.63, 3.8) is 0 Å². The van der Waals surface area contributed by atoms with Crippen molar-refractivity contribution in [2.75, 3.05) is 25.4 Å². The van der Waals surface area contributed by atoms with Gasteiger partial charge in [0.15, 0.2) is 5.96 Å². The first-order valence-corrected chi connectivity index (χ1v) is 7.55. The van der Waals surface area contributed by atoms with E-state index in [0.29, 0.717) is 0 Å². The summed E-state index contributed by atoms with van der Waals surface area (Å²) in [5, 5.41) is 6.45. The van der Waals surface area contributed by atoms with Gasteiger partial charge in [0, 0.05) is 24.5 Å². The van der Waals surface area contributed by atoms with E-state index in [1.165, 1.54) is 4.90 Å². The van der Waals surface area contributed by atoms with Crippen molar-refractivity contribution in [3.8, 4) is 0 Å². The first kappa shape index (κ1) is 18.6. The lowest BCUT2D eigenvalue weighted by Gasteiger charge is -2.08. The molecule has 0 unspecified atom stereocenters. The van der Waals surface area contributed by atoms with Crippen molar-refractivity contribution in [2.45, 2.75) is 25.2 Å². The summed E-state index contributed by atoms with van der Waals surface area (Å²) < 4.78 is 0. The van der Waals surface area contributed by atoms with Crippen molar-refractivity contribution >= 4 is 41.7 Å². The van der Waals surface area contributed by atoms with Crippen molar-refractivity contribution in [1.82, 2.24) is 10.6 Å². The van der Waals surface area contributed by atoms with E-state index in [-0.39, 0.29) is 24.0 Å². The Morgan fingerprint density at radius 3 is 2.32 bits per heavy atom. The van der Waals surface area contributed by atoms with E-state index in [0.717, 1.165) is 37.8 Å². The summed E-state index contributed by atoms with van der Waals surface area (Å²) in [6.07, 6.45) is 1.10. The van der Waals surface area contributed by atoms with Crippen LogP contribution in [0, 0.1) is 0 Å². The van der Waals surface area contributed by atoms with Crippen LogP contribution in [0.25, 0.3) is 0 Å². The normalized spacial score (nSPS) is 9.37. The highest BCUT2D eigenvalue weighted by molar-refractivity contribution is 14.0. The van der Waals surface area contributed by atoms with Gasteiger partial charge in [0.2, 0.25) is 0 Å². The zero-order valence-corrected chi connectivity index (χ0v) is 14.8. The Bertz CT molecular complexity index is 336. The standard InChI is InChI=1S/C14H23N3S.HI/c1-3-15-14(16-4-2)17-11-8-12-18-13-9-6-5-7-10-13;/h5-7,9-10H,3-4,8,11-12H2,1-2H3,(H2,15,16,17);1H. The molecule has 0 atom stereocenters. The maximum atomic E-state index is 4.52. The molecule has 0 saturated heterocycles. The van der Waals surface area contributed by atoms with Crippen molar-refractivity contribution in [3.05, 3.63) is 30.3 Å². The Morgan fingerprint density at radius 1 is 1.11 bits per heavy atom. The quantitative estimate of drug-likeness (QED) is 0.245. The van der Waals surface area contributed by atoms with E-state index in [1.54, 1.807) is 0 Å². The van der Waals surface area contributed by atoms with E-state index in [4.69, 9.17) is 0 Å². The number of halogens is 1. The summed E-state index contributed by atoms with van der Waals surface area (Å²) >= 11 is 1.89. The minimum Gasteiger partial charge on any atom is -0.357 e. The van der Waals surface area contributed by atoms with Gasteiger partial charge in [-0.1, -0.05) is 18.2 Å². The molecular formula is C14H24IN3S. The number of benzene rings is 1. The predicted molar refractivity (Wildman–Crippen MR) is 96.9 cm³/mol. The molecule has 5 heteroatoms. The zero-order chi connectivity index (χ0) is 13.1. The van der Waals surface area contributed by atoms with Gasteiger partial charge in [0.05, 0.1) is 0 Å². The van der Waals surface area contributed by atoms with Crippen LogP contribution in [-0.4, -0.2) is 31.3 Å². The molecule has 0 saturated carbocycles. The van der Waals surface area contributed by atoms with Crippen LogP contribution in [0.4, 0.5) is 0 Å². The van der Waals surface area contributed by atoms with Gasteiger partial charge < -0.3 is 10.6 Å². The average Bonchev–Trinajstić information content (AvgIpc) is 2.40. The van der Waals surface area contributed by atoms with Crippen LogP contribution in [0.1, 0.15) is 20.3 Å². The lowest BCUT2D eigenvalue weighted by Crippen LogP contribution is -2.37. The van der Waals surface area contributed by atoms with Crippen LogP contribution in [0.5, 0.6) is 0 Å². The van der Waals surface area contributed by atoms with Crippen LogP contribution in [0.15, 0.2) is 40.2 Å². The number of nitrogens with one attached hydrogen (secondary N) is 2. The largest absolute Gasteiger partial charge is 0.357 e. The van der Waals surface area contributed by atoms with Crippen molar-refractivity contribution in [2.24, 2.45) is 4.99 Å². The molecule has 19 heavy (non-hydrogen) atoms.